The lowest BCUT2D eigenvalue weighted by atomic mass is 10.0. The van der Waals surface area contributed by atoms with Crippen molar-refractivity contribution in [2.24, 2.45) is 0 Å². The van der Waals surface area contributed by atoms with Gasteiger partial charge in [-0.1, -0.05) is 29.8 Å². The molecule has 1 N–H and O–H groups in total. The molecule has 0 spiro atoms. The van der Waals surface area contributed by atoms with Gasteiger partial charge >= 0.3 is 6.18 Å². The summed E-state index contributed by atoms with van der Waals surface area (Å²) in [6.07, 6.45) is -4.32. The molecule has 3 aromatic rings. The van der Waals surface area contributed by atoms with Crippen LogP contribution in [0.5, 0.6) is 0 Å². The third kappa shape index (κ3) is 2.25. The van der Waals surface area contributed by atoms with Crippen molar-refractivity contribution in [1.29, 1.82) is 0 Å². The van der Waals surface area contributed by atoms with E-state index in [4.69, 9.17) is 11.6 Å². The van der Waals surface area contributed by atoms with Gasteiger partial charge in [-0.25, -0.2) is 0 Å². The number of benzene rings is 2. The van der Waals surface area contributed by atoms with Crippen LogP contribution in [0, 0.1) is 0 Å². The first-order valence-corrected chi connectivity index (χ1v) is 6.14. The summed E-state index contributed by atoms with van der Waals surface area (Å²) in [6, 6.07) is 10.4. The van der Waals surface area contributed by atoms with Crippen LogP contribution in [0.3, 0.4) is 0 Å². The number of nitrogens with zero attached hydrogens (tertiary/aromatic N) is 1. The van der Waals surface area contributed by atoms with E-state index in [-0.39, 0.29) is 0 Å². The number of halogens is 4. The van der Waals surface area contributed by atoms with Crippen LogP contribution in [-0.4, -0.2) is 10.2 Å². The maximum absolute atomic E-state index is 12.5. The van der Waals surface area contributed by atoms with Crippen molar-refractivity contribution in [3.8, 4) is 11.1 Å². The van der Waals surface area contributed by atoms with E-state index in [1.165, 1.54) is 12.1 Å². The molecule has 0 fully saturated rings. The highest BCUT2D eigenvalue weighted by molar-refractivity contribution is 6.34. The van der Waals surface area contributed by atoms with Gasteiger partial charge in [0.2, 0.25) is 0 Å². The predicted octanol–water partition coefficient (Wildman–Crippen LogP) is 4.90. The lowest BCUT2D eigenvalue weighted by Gasteiger charge is -2.07. The summed E-state index contributed by atoms with van der Waals surface area (Å²) in [7, 11) is 0. The Morgan fingerprint density at radius 2 is 1.60 bits per heavy atom. The zero-order chi connectivity index (χ0) is 14.3. The summed E-state index contributed by atoms with van der Waals surface area (Å²) in [6.45, 7) is 0. The fourth-order valence-electron chi connectivity index (χ4n) is 2.01. The Bertz CT molecular complexity index is 760. The van der Waals surface area contributed by atoms with Crippen LogP contribution in [0.25, 0.3) is 22.0 Å². The normalized spacial score (nSPS) is 12.0. The minimum absolute atomic E-state index is 0.411. The predicted molar refractivity (Wildman–Crippen MR) is 71.5 cm³/mol. The van der Waals surface area contributed by atoms with Gasteiger partial charge < -0.3 is 0 Å². The molecular weight excluding hydrogens is 289 g/mol. The number of alkyl halides is 3. The van der Waals surface area contributed by atoms with Crippen molar-refractivity contribution in [3.63, 3.8) is 0 Å². The molecule has 0 aliphatic rings. The van der Waals surface area contributed by atoms with Crippen molar-refractivity contribution in [1.82, 2.24) is 10.2 Å². The molecule has 20 heavy (non-hydrogen) atoms. The van der Waals surface area contributed by atoms with E-state index in [2.05, 4.69) is 10.2 Å². The van der Waals surface area contributed by atoms with Crippen LogP contribution in [-0.2, 0) is 6.18 Å². The van der Waals surface area contributed by atoms with Crippen molar-refractivity contribution < 1.29 is 13.2 Å². The summed E-state index contributed by atoms with van der Waals surface area (Å²) in [5.41, 5.74) is 1.53. The Labute approximate surface area is 117 Å². The van der Waals surface area contributed by atoms with Gasteiger partial charge in [-0.15, -0.1) is 0 Å². The van der Waals surface area contributed by atoms with E-state index >= 15 is 0 Å². The van der Waals surface area contributed by atoms with Gasteiger partial charge in [0.1, 0.15) is 5.15 Å². The fraction of sp³-hybridized carbons (Fsp3) is 0.0714. The van der Waals surface area contributed by atoms with E-state index in [9.17, 15) is 13.2 Å². The van der Waals surface area contributed by atoms with Gasteiger partial charge in [0.25, 0.3) is 0 Å². The molecule has 0 saturated carbocycles. The average Bonchev–Trinajstić information content (AvgIpc) is 2.79. The molecule has 0 aliphatic carbocycles. The smallest absolute Gasteiger partial charge is 0.266 e. The number of nitrogens with one attached hydrogen (secondary N) is 1. The van der Waals surface area contributed by atoms with Crippen molar-refractivity contribution in [2.45, 2.75) is 6.18 Å². The molecule has 0 radical (unpaired) electrons. The number of fused-ring (bicyclic) bond motifs is 1. The molecule has 102 valence electrons. The second-order valence-electron chi connectivity index (χ2n) is 4.34. The van der Waals surface area contributed by atoms with Crippen molar-refractivity contribution in [2.75, 3.05) is 0 Å². The third-order valence-corrected chi connectivity index (χ3v) is 3.34. The molecular formula is C14H8ClF3N2. The van der Waals surface area contributed by atoms with Crippen LogP contribution in [0.1, 0.15) is 5.56 Å². The summed E-state index contributed by atoms with van der Waals surface area (Å²) in [5, 5.41) is 7.80. The van der Waals surface area contributed by atoms with Gasteiger partial charge in [-0.05, 0) is 35.4 Å². The summed E-state index contributed by atoms with van der Waals surface area (Å²) in [5.74, 6) is 0. The molecule has 2 nitrogen and oxygen atoms in total. The number of rotatable bonds is 1. The standard InChI is InChI=1S/C14H8ClF3N2/c15-13-11-7-9(3-6-12(11)19-20-13)8-1-4-10(5-2-8)14(16,17)18/h1-7H,(H,19,20). The van der Waals surface area contributed by atoms with Crippen LogP contribution < -0.4 is 0 Å². The molecule has 1 heterocycles. The number of hydrogen-bond acceptors (Lipinski definition) is 1. The van der Waals surface area contributed by atoms with E-state index in [0.717, 1.165) is 23.1 Å². The van der Waals surface area contributed by atoms with Crippen molar-refractivity contribution in [3.05, 3.63) is 53.2 Å². The molecule has 0 atom stereocenters. The number of H-pyrrole nitrogens is 1. The SMILES string of the molecule is FC(F)(F)c1ccc(-c2ccc3n[nH]c(Cl)c3c2)cc1. The third-order valence-electron chi connectivity index (χ3n) is 3.05. The Balaban J connectivity index is 2.04. The lowest BCUT2D eigenvalue weighted by molar-refractivity contribution is -0.137. The van der Waals surface area contributed by atoms with E-state index in [0.29, 0.717) is 16.2 Å². The monoisotopic (exact) mass is 296 g/mol. The Kier molecular flexibility index (Phi) is 2.94. The Hall–Kier alpha value is -2.01. The van der Waals surface area contributed by atoms with E-state index in [1.807, 2.05) is 0 Å². The van der Waals surface area contributed by atoms with Crippen LogP contribution >= 0.6 is 11.6 Å². The molecule has 0 unspecified atom stereocenters. The molecule has 2 aromatic carbocycles. The molecule has 0 saturated heterocycles. The minimum Gasteiger partial charge on any atom is -0.266 e. The second kappa shape index (κ2) is 4.52. The highest BCUT2D eigenvalue weighted by atomic mass is 35.5. The highest BCUT2D eigenvalue weighted by Crippen LogP contribution is 2.32. The maximum atomic E-state index is 12.5. The summed E-state index contributed by atoms with van der Waals surface area (Å²) in [4.78, 5) is 0. The van der Waals surface area contributed by atoms with Gasteiger partial charge in [0.15, 0.2) is 0 Å². The first-order valence-electron chi connectivity index (χ1n) is 5.76. The molecule has 6 heteroatoms. The molecule has 1 aromatic heterocycles. The Morgan fingerprint density at radius 3 is 2.25 bits per heavy atom. The quantitative estimate of drug-likeness (QED) is 0.679. The average molecular weight is 297 g/mol. The maximum Gasteiger partial charge on any atom is 0.416 e. The number of hydrogen-bond donors (Lipinski definition) is 1. The zero-order valence-electron chi connectivity index (χ0n) is 10.0. The molecule has 0 bridgehead atoms. The van der Waals surface area contributed by atoms with Crippen LogP contribution in [0.2, 0.25) is 5.15 Å². The minimum atomic E-state index is -4.32. The molecule has 0 aliphatic heterocycles. The fourth-order valence-corrected chi connectivity index (χ4v) is 2.20. The van der Waals surface area contributed by atoms with Crippen LogP contribution in [0.15, 0.2) is 42.5 Å². The van der Waals surface area contributed by atoms with Gasteiger partial charge in [-0.2, -0.15) is 18.3 Å². The lowest BCUT2D eigenvalue weighted by Crippen LogP contribution is -2.03. The number of aromatic nitrogens is 2. The molecule has 0 amide bonds. The van der Waals surface area contributed by atoms with Gasteiger partial charge in [0, 0.05) is 5.39 Å². The first-order chi connectivity index (χ1) is 9.45. The number of aromatic amines is 1. The topological polar surface area (TPSA) is 28.7 Å². The summed E-state index contributed by atoms with van der Waals surface area (Å²) >= 11 is 5.95. The van der Waals surface area contributed by atoms with E-state index in [1.54, 1.807) is 18.2 Å². The van der Waals surface area contributed by atoms with Crippen molar-refractivity contribution >= 4 is 22.5 Å². The Morgan fingerprint density at radius 1 is 0.950 bits per heavy atom. The largest absolute Gasteiger partial charge is 0.416 e. The second-order valence-corrected chi connectivity index (χ2v) is 4.72. The van der Waals surface area contributed by atoms with Gasteiger partial charge in [0.05, 0.1) is 11.1 Å². The van der Waals surface area contributed by atoms with Crippen LogP contribution in [0.4, 0.5) is 13.2 Å². The summed E-state index contributed by atoms with van der Waals surface area (Å²) < 4.78 is 37.5. The first kappa shape index (κ1) is 13.0. The molecule has 3 rings (SSSR count). The van der Waals surface area contributed by atoms with Gasteiger partial charge in [-0.3, -0.25) is 5.10 Å². The van der Waals surface area contributed by atoms with E-state index < -0.39 is 11.7 Å². The highest BCUT2D eigenvalue weighted by Gasteiger charge is 2.29. The zero-order valence-corrected chi connectivity index (χ0v) is 10.8.